The van der Waals surface area contributed by atoms with E-state index in [1.54, 1.807) is 12.1 Å². The molecule has 2 aliphatic rings. The summed E-state index contributed by atoms with van der Waals surface area (Å²) in [5, 5.41) is 2.76. The number of thiocarbonyl (C=S) groups is 1. The molecule has 1 atom stereocenters. The minimum Gasteiger partial charge on any atom is -0.454 e. The molecular formula is C19H16N2O4S. The summed E-state index contributed by atoms with van der Waals surface area (Å²) in [7, 11) is 0. The van der Waals surface area contributed by atoms with Gasteiger partial charge >= 0.3 is 0 Å². The maximum absolute atomic E-state index is 13.1. The number of para-hydroxylation sites is 1. The van der Waals surface area contributed by atoms with Crippen LogP contribution in [-0.4, -0.2) is 23.7 Å². The normalized spacial score (nSPS) is 18.9. The Morgan fingerprint density at radius 2 is 1.92 bits per heavy atom. The second-order valence-corrected chi connectivity index (χ2v) is 6.59. The van der Waals surface area contributed by atoms with Gasteiger partial charge in [0.1, 0.15) is 5.92 Å². The largest absolute Gasteiger partial charge is 0.454 e. The molecule has 2 heterocycles. The zero-order valence-electron chi connectivity index (χ0n) is 14.0. The van der Waals surface area contributed by atoms with Crippen molar-refractivity contribution in [3.63, 3.8) is 0 Å². The summed E-state index contributed by atoms with van der Waals surface area (Å²) in [5.41, 5.74) is 2.40. The Labute approximate surface area is 155 Å². The molecule has 2 aromatic carbocycles. The number of amides is 2. The zero-order valence-corrected chi connectivity index (χ0v) is 14.8. The molecule has 2 aromatic rings. The minimum atomic E-state index is -0.860. The highest BCUT2D eigenvalue weighted by Gasteiger charge is 2.39. The number of hydrogen-bond acceptors (Lipinski definition) is 5. The molecular weight excluding hydrogens is 352 g/mol. The fourth-order valence-electron chi connectivity index (χ4n) is 3.14. The Morgan fingerprint density at radius 3 is 2.73 bits per heavy atom. The second kappa shape index (κ2) is 6.42. The van der Waals surface area contributed by atoms with Crippen molar-refractivity contribution >= 4 is 34.8 Å². The molecule has 2 aliphatic heterocycles. The quantitative estimate of drug-likeness (QED) is 0.665. The lowest BCUT2D eigenvalue weighted by atomic mass is 9.95. The third-order valence-electron chi connectivity index (χ3n) is 4.50. The lowest BCUT2D eigenvalue weighted by Crippen LogP contribution is -2.58. The SMILES string of the molecule is Cc1ccccc1N1C(=O)C(Cc2ccc3c(c2)OCO3)C(=O)NC1=S. The smallest absolute Gasteiger partial charge is 0.246 e. The van der Waals surface area contributed by atoms with Gasteiger partial charge in [0.25, 0.3) is 0 Å². The first-order chi connectivity index (χ1) is 12.5. The van der Waals surface area contributed by atoms with E-state index < -0.39 is 5.92 Å². The molecule has 7 heteroatoms. The lowest BCUT2D eigenvalue weighted by Gasteiger charge is -2.33. The van der Waals surface area contributed by atoms with Gasteiger partial charge in [0, 0.05) is 0 Å². The standard InChI is InChI=1S/C19H16N2O4S/c1-11-4-2-3-5-14(11)21-18(23)13(17(22)20-19(21)26)8-12-6-7-15-16(9-12)25-10-24-15/h2-7,9,13H,8,10H2,1H3,(H,20,22,26). The van der Waals surface area contributed by atoms with Crippen LogP contribution >= 0.6 is 12.2 Å². The predicted octanol–water partition coefficient (Wildman–Crippen LogP) is 2.33. The highest BCUT2D eigenvalue weighted by Crippen LogP contribution is 2.34. The number of ether oxygens (including phenoxy) is 2. The first kappa shape index (κ1) is 16.5. The maximum Gasteiger partial charge on any atom is 0.246 e. The second-order valence-electron chi connectivity index (χ2n) is 6.20. The van der Waals surface area contributed by atoms with Gasteiger partial charge in [0.05, 0.1) is 5.69 Å². The molecule has 0 radical (unpaired) electrons. The zero-order chi connectivity index (χ0) is 18.3. The monoisotopic (exact) mass is 368 g/mol. The lowest BCUT2D eigenvalue weighted by molar-refractivity contribution is -0.133. The fourth-order valence-corrected chi connectivity index (χ4v) is 3.43. The van der Waals surface area contributed by atoms with E-state index in [1.165, 1.54) is 4.90 Å². The Balaban J connectivity index is 1.63. The Hall–Kier alpha value is -2.93. The van der Waals surface area contributed by atoms with Crippen LogP contribution in [0.1, 0.15) is 11.1 Å². The van der Waals surface area contributed by atoms with Crippen LogP contribution in [0.2, 0.25) is 0 Å². The Bertz CT molecular complexity index is 928. The summed E-state index contributed by atoms with van der Waals surface area (Å²) in [6, 6.07) is 12.9. The highest BCUT2D eigenvalue weighted by molar-refractivity contribution is 7.80. The molecule has 0 spiro atoms. The van der Waals surface area contributed by atoms with E-state index in [1.807, 2.05) is 37.3 Å². The molecule has 26 heavy (non-hydrogen) atoms. The van der Waals surface area contributed by atoms with Crippen LogP contribution < -0.4 is 19.7 Å². The van der Waals surface area contributed by atoms with Crippen molar-refractivity contribution in [1.29, 1.82) is 0 Å². The summed E-state index contributed by atoms with van der Waals surface area (Å²) in [5.74, 6) is -0.289. The van der Waals surface area contributed by atoms with Gasteiger partial charge in [-0.25, -0.2) is 0 Å². The molecule has 2 amide bonds. The van der Waals surface area contributed by atoms with Crippen molar-refractivity contribution in [3.05, 3.63) is 53.6 Å². The number of nitrogens with zero attached hydrogens (tertiary/aromatic N) is 1. The topological polar surface area (TPSA) is 67.9 Å². The molecule has 1 fully saturated rings. The number of hydrogen-bond donors (Lipinski definition) is 1. The molecule has 0 bridgehead atoms. The van der Waals surface area contributed by atoms with E-state index in [9.17, 15) is 9.59 Å². The van der Waals surface area contributed by atoms with Gasteiger partial charge in [-0.15, -0.1) is 0 Å². The van der Waals surface area contributed by atoms with Crippen molar-refractivity contribution in [2.75, 3.05) is 11.7 Å². The summed E-state index contributed by atoms with van der Waals surface area (Å²) in [6.07, 6.45) is 0.256. The number of nitrogens with one attached hydrogen (secondary N) is 1. The van der Waals surface area contributed by atoms with E-state index in [4.69, 9.17) is 21.7 Å². The van der Waals surface area contributed by atoms with E-state index in [0.717, 1.165) is 11.1 Å². The van der Waals surface area contributed by atoms with Crippen molar-refractivity contribution in [2.45, 2.75) is 13.3 Å². The van der Waals surface area contributed by atoms with Gasteiger partial charge in [-0.2, -0.15) is 0 Å². The van der Waals surface area contributed by atoms with E-state index in [-0.39, 0.29) is 30.1 Å². The number of rotatable bonds is 3. The van der Waals surface area contributed by atoms with Crippen molar-refractivity contribution in [2.24, 2.45) is 5.92 Å². The molecule has 1 saturated heterocycles. The third kappa shape index (κ3) is 2.80. The maximum atomic E-state index is 13.1. The van der Waals surface area contributed by atoms with Crippen LogP contribution in [0.3, 0.4) is 0 Å². The van der Waals surface area contributed by atoms with Gasteiger partial charge in [-0.1, -0.05) is 24.3 Å². The Morgan fingerprint density at radius 1 is 1.15 bits per heavy atom. The number of fused-ring (bicyclic) bond motifs is 1. The number of aryl methyl sites for hydroxylation is 1. The molecule has 1 N–H and O–H groups in total. The van der Waals surface area contributed by atoms with Crippen LogP contribution in [0.5, 0.6) is 11.5 Å². The molecule has 4 rings (SSSR count). The summed E-state index contributed by atoms with van der Waals surface area (Å²) < 4.78 is 10.7. The summed E-state index contributed by atoms with van der Waals surface area (Å²) in [4.78, 5) is 26.9. The third-order valence-corrected chi connectivity index (χ3v) is 4.79. The van der Waals surface area contributed by atoms with Gasteiger partial charge in [-0.3, -0.25) is 14.5 Å². The highest BCUT2D eigenvalue weighted by atomic mass is 32.1. The summed E-state index contributed by atoms with van der Waals surface area (Å²) in [6.45, 7) is 2.07. The minimum absolute atomic E-state index is 0.108. The van der Waals surface area contributed by atoms with Crippen molar-refractivity contribution < 1.29 is 19.1 Å². The number of carbonyl (C=O) groups excluding carboxylic acids is 2. The van der Waals surface area contributed by atoms with E-state index >= 15 is 0 Å². The van der Waals surface area contributed by atoms with Crippen LogP contribution in [0, 0.1) is 12.8 Å². The molecule has 0 aromatic heterocycles. The predicted molar refractivity (Wildman–Crippen MR) is 99.2 cm³/mol. The number of benzene rings is 2. The average molecular weight is 368 g/mol. The first-order valence-electron chi connectivity index (χ1n) is 8.17. The van der Waals surface area contributed by atoms with Crippen molar-refractivity contribution in [3.8, 4) is 11.5 Å². The van der Waals surface area contributed by atoms with Crippen LogP contribution in [0.25, 0.3) is 0 Å². The molecule has 0 aliphatic carbocycles. The van der Waals surface area contributed by atoms with Crippen LogP contribution in [-0.2, 0) is 16.0 Å². The van der Waals surface area contributed by atoms with E-state index in [2.05, 4.69) is 5.32 Å². The number of carbonyl (C=O) groups is 2. The van der Waals surface area contributed by atoms with Crippen LogP contribution in [0.4, 0.5) is 5.69 Å². The van der Waals surface area contributed by atoms with Gasteiger partial charge in [0.15, 0.2) is 16.6 Å². The molecule has 132 valence electrons. The van der Waals surface area contributed by atoms with Gasteiger partial charge in [-0.05, 0) is 54.9 Å². The first-order valence-corrected chi connectivity index (χ1v) is 8.58. The molecule has 6 nitrogen and oxygen atoms in total. The van der Waals surface area contributed by atoms with Crippen molar-refractivity contribution in [1.82, 2.24) is 5.32 Å². The van der Waals surface area contributed by atoms with Gasteiger partial charge < -0.3 is 14.8 Å². The average Bonchev–Trinajstić information content (AvgIpc) is 3.08. The van der Waals surface area contributed by atoms with Gasteiger partial charge in [0.2, 0.25) is 18.6 Å². The van der Waals surface area contributed by atoms with Crippen LogP contribution in [0.15, 0.2) is 42.5 Å². The number of anilines is 1. The fraction of sp³-hybridized carbons (Fsp3) is 0.211. The Kier molecular flexibility index (Phi) is 4.08. The van der Waals surface area contributed by atoms with E-state index in [0.29, 0.717) is 17.2 Å². The summed E-state index contributed by atoms with van der Waals surface area (Å²) >= 11 is 5.24. The molecule has 1 unspecified atom stereocenters. The molecule has 0 saturated carbocycles.